The summed E-state index contributed by atoms with van der Waals surface area (Å²) in [6.07, 6.45) is 5.88. The highest BCUT2D eigenvalue weighted by Gasteiger charge is 2.25. The maximum atomic E-state index is 13.3. The van der Waals surface area contributed by atoms with Crippen molar-refractivity contribution in [3.63, 3.8) is 0 Å². The molecule has 1 aliphatic rings. The smallest absolute Gasteiger partial charge is 0.259 e. The number of anilines is 1. The Morgan fingerprint density at radius 1 is 1.00 bits per heavy atom. The Morgan fingerprint density at radius 3 is 2.54 bits per heavy atom. The van der Waals surface area contributed by atoms with E-state index in [1.807, 2.05) is 78.9 Å². The Kier molecular flexibility index (Phi) is 7.26. The van der Waals surface area contributed by atoms with Crippen molar-refractivity contribution in [1.82, 2.24) is 0 Å². The average molecular weight is 501 g/mol. The maximum absolute atomic E-state index is 13.3. The third-order valence-electron chi connectivity index (χ3n) is 5.94. The lowest BCUT2D eigenvalue weighted by molar-refractivity contribution is 0.102. The minimum Gasteiger partial charge on any atom is -0.488 e. The molecule has 176 valence electrons. The van der Waals surface area contributed by atoms with E-state index in [2.05, 4.69) is 5.32 Å². The van der Waals surface area contributed by atoms with Crippen LogP contribution in [-0.2, 0) is 19.4 Å². The van der Waals surface area contributed by atoms with E-state index in [0.717, 1.165) is 53.1 Å². The molecule has 0 saturated carbocycles. The number of aryl methyl sites for hydroxylation is 1. The molecular weight excluding hydrogens is 476 g/mol. The molecule has 0 fully saturated rings. The molecule has 0 bridgehead atoms. The molecule has 1 heterocycles. The predicted molar refractivity (Wildman–Crippen MR) is 145 cm³/mol. The second-order valence-electron chi connectivity index (χ2n) is 8.43. The Bertz CT molecular complexity index is 1350. The number of rotatable bonds is 7. The van der Waals surface area contributed by atoms with E-state index in [0.29, 0.717) is 22.9 Å². The molecule has 1 aromatic heterocycles. The first-order valence-electron chi connectivity index (χ1n) is 11.7. The number of para-hydroxylation sites is 1. The zero-order valence-corrected chi connectivity index (χ0v) is 20.7. The van der Waals surface area contributed by atoms with Crippen LogP contribution in [0.25, 0.3) is 0 Å². The van der Waals surface area contributed by atoms with Crippen LogP contribution >= 0.6 is 22.9 Å². The van der Waals surface area contributed by atoms with Crippen molar-refractivity contribution in [3.05, 3.63) is 111 Å². The van der Waals surface area contributed by atoms with E-state index < -0.39 is 0 Å². The van der Waals surface area contributed by atoms with Gasteiger partial charge in [0.05, 0.1) is 5.56 Å². The zero-order chi connectivity index (χ0) is 24.0. The topological polar surface area (TPSA) is 50.7 Å². The van der Waals surface area contributed by atoms with Gasteiger partial charge in [-0.3, -0.25) is 4.79 Å². The second-order valence-corrected chi connectivity index (χ2v) is 9.95. The number of carbonyl (C=O) groups is 1. The van der Waals surface area contributed by atoms with Crippen LogP contribution in [0.3, 0.4) is 0 Å². The van der Waals surface area contributed by atoms with Crippen molar-refractivity contribution in [1.29, 1.82) is 0 Å². The molecule has 1 amide bonds. The second kappa shape index (κ2) is 10.9. The minimum absolute atomic E-state index is 0.116. The van der Waals surface area contributed by atoms with Crippen molar-refractivity contribution in [2.75, 3.05) is 5.32 Å². The number of amides is 1. The Balaban J connectivity index is 1.44. The molecule has 0 atom stereocenters. The summed E-state index contributed by atoms with van der Waals surface area (Å²) in [7, 11) is 0. The molecule has 6 heteroatoms. The summed E-state index contributed by atoms with van der Waals surface area (Å²) in [5, 5.41) is 4.36. The molecule has 0 unspecified atom stereocenters. The monoisotopic (exact) mass is 500 g/mol. The van der Waals surface area contributed by atoms with Gasteiger partial charge >= 0.3 is 0 Å². The van der Waals surface area contributed by atoms with Crippen LogP contribution in [0.2, 0.25) is 5.02 Å². The summed E-state index contributed by atoms with van der Waals surface area (Å²) in [5.74, 6) is 0.577. The first kappa shape index (κ1) is 23.3. The number of hydrogen-bond acceptors (Lipinski definition) is 4. The van der Waals surface area contributed by atoms with Crippen LogP contribution in [0.15, 0.2) is 83.9 Å². The average Bonchev–Trinajstić information content (AvgIpc) is 3.26. The van der Waals surface area contributed by atoms with Crippen molar-refractivity contribution in [2.45, 2.75) is 32.3 Å². The summed E-state index contributed by atoms with van der Waals surface area (Å²) in [6, 6.07) is 25.0. The quantitative estimate of drug-likeness (QED) is 0.262. The van der Waals surface area contributed by atoms with Gasteiger partial charge in [0.2, 0.25) is 0 Å². The lowest BCUT2D eigenvalue weighted by Crippen LogP contribution is -2.14. The zero-order valence-electron chi connectivity index (χ0n) is 19.2. The van der Waals surface area contributed by atoms with Crippen LogP contribution in [0.4, 0.5) is 10.7 Å². The molecule has 0 spiro atoms. The van der Waals surface area contributed by atoms with Gasteiger partial charge in [0, 0.05) is 27.4 Å². The van der Waals surface area contributed by atoms with Gasteiger partial charge in [0.15, 0.2) is 0 Å². The molecule has 0 aliphatic heterocycles. The minimum atomic E-state index is -0.116. The molecule has 4 aromatic rings. The van der Waals surface area contributed by atoms with Crippen LogP contribution in [0.1, 0.15) is 44.8 Å². The predicted octanol–water partition coefficient (Wildman–Crippen LogP) is 7.86. The van der Waals surface area contributed by atoms with Gasteiger partial charge in [-0.25, -0.2) is 4.99 Å². The van der Waals surface area contributed by atoms with Crippen LogP contribution in [-0.4, -0.2) is 12.1 Å². The van der Waals surface area contributed by atoms with E-state index in [4.69, 9.17) is 21.3 Å². The van der Waals surface area contributed by atoms with Crippen LogP contribution < -0.4 is 10.1 Å². The molecular formula is C29H25ClN2O2S. The third-order valence-corrected chi connectivity index (χ3v) is 7.38. The van der Waals surface area contributed by atoms with Crippen molar-refractivity contribution in [3.8, 4) is 5.75 Å². The van der Waals surface area contributed by atoms with Crippen LogP contribution in [0.5, 0.6) is 5.75 Å². The number of thiophene rings is 1. The molecule has 35 heavy (non-hydrogen) atoms. The fourth-order valence-corrected chi connectivity index (χ4v) is 5.62. The number of benzene rings is 3. The SMILES string of the molecule is O=C(Nc1ccccc1)c1c(N=Cc2cc(Cl)ccc2OCc2ccccc2)sc2c1CCCC2. The first-order chi connectivity index (χ1) is 17.2. The number of halogens is 1. The number of hydrogen-bond donors (Lipinski definition) is 1. The lowest BCUT2D eigenvalue weighted by Gasteiger charge is -2.13. The summed E-state index contributed by atoms with van der Waals surface area (Å²) < 4.78 is 6.08. The number of carbonyl (C=O) groups excluding carboxylic acids is 1. The highest BCUT2D eigenvalue weighted by molar-refractivity contribution is 7.16. The number of ether oxygens (including phenoxy) is 1. The molecule has 1 N–H and O–H groups in total. The summed E-state index contributed by atoms with van der Waals surface area (Å²) in [4.78, 5) is 19.4. The normalized spacial score (nSPS) is 12.9. The first-order valence-corrected chi connectivity index (χ1v) is 12.9. The van der Waals surface area contributed by atoms with Crippen molar-refractivity contribution in [2.24, 2.45) is 4.99 Å². The highest BCUT2D eigenvalue weighted by Crippen LogP contribution is 2.40. The number of nitrogens with zero attached hydrogens (tertiary/aromatic N) is 1. The van der Waals surface area contributed by atoms with Crippen molar-refractivity contribution >= 4 is 45.7 Å². The largest absolute Gasteiger partial charge is 0.488 e. The van der Waals surface area contributed by atoms with Gasteiger partial charge in [-0.1, -0.05) is 60.1 Å². The van der Waals surface area contributed by atoms with Gasteiger partial charge in [-0.05, 0) is 67.1 Å². The molecule has 0 radical (unpaired) electrons. The van der Waals surface area contributed by atoms with Gasteiger partial charge < -0.3 is 10.1 Å². The maximum Gasteiger partial charge on any atom is 0.259 e. The standard InChI is InChI=1S/C29H25ClN2O2S/c30-22-15-16-25(34-19-20-9-3-1-4-10-20)21(17-22)18-31-29-27(24-13-7-8-14-26(24)35-29)28(33)32-23-11-5-2-6-12-23/h1-6,9-12,15-18H,7-8,13-14,19H2,(H,32,33). The van der Waals surface area contributed by atoms with E-state index in [-0.39, 0.29) is 5.91 Å². The fraction of sp³-hybridized carbons (Fsp3) is 0.172. The van der Waals surface area contributed by atoms with E-state index in [1.54, 1.807) is 17.6 Å². The van der Waals surface area contributed by atoms with Gasteiger partial charge in [0.25, 0.3) is 5.91 Å². The van der Waals surface area contributed by atoms with Gasteiger partial charge in [-0.15, -0.1) is 11.3 Å². The van der Waals surface area contributed by atoms with E-state index in [9.17, 15) is 4.79 Å². The molecule has 4 nitrogen and oxygen atoms in total. The Labute approximate surface area is 214 Å². The Morgan fingerprint density at radius 2 is 1.74 bits per heavy atom. The van der Waals surface area contributed by atoms with Crippen LogP contribution in [0, 0.1) is 0 Å². The molecule has 3 aromatic carbocycles. The molecule has 1 aliphatic carbocycles. The highest BCUT2D eigenvalue weighted by atomic mass is 35.5. The fourth-order valence-electron chi connectivity index (χ4n) is 4.21. The summed E-state index contributed by atoms with van der Waals surface area (Å²) >= 11 is 7.90. The van der Waals surface area contributed by atoms with Crippen molar-refractivity contribution < 1.29 is 9.53 Å². The lowest BCUT2D eigenvalue weighted by atomic mass is 9.95. The number of aliphatic imine (C=N–C) groups is 1. The van der Waals surface area contributed by atoms with Gasteiger partial charge in [-0.2, -0.15) is 0 Å². The van der Waals surface area contributed by atoms with Gasteiger partial charge in [0.1, 0.15) is 17.4 Å². The molecule has 0 saturated heterocycles. The number of fused-ring (bicyclic) bond motifs is 1. The molecule has 5 rings (SSSR count). The summed E-state index contributed by atoms with van der Waals surface area (Å²) in [6.45, 7) is 0.446. The van der Waals surface area contributed by atoms with E-state index >= 15 is 0 Å². The number of nitrogens with one attached hydrogen (secondary N) is 1. The van der Waals surface area contributed by atoms with E-state index in [1.165, 1.54) is 4.88 Å². The Hall–Kier alpha value is -3.41. The third kappa shape index (κ3) is 5.64. The summed E-state index contributed by atoms with van der Waals surface area (Å²) in [5.41, 5.74) is 4.44.